The number of fused-ring (bicyclic) bond motifs is 7. The van der Waals surface area contributed by atoms with Gasteiger partial charge in [0.25, 0.3) is 0 Å². The zero-order valence-corrected chi connectivity index (χ0v) is 25.5. The Morgan fingerprint density at radius 3 is 2.07 bits per heavy atom. The van der Waals surface area contributed by atoms with Crippen LogP contribution in [0.4, 0.5) is 5.69 Å². The van der Waals surface area contributed by atoms with Crippen molar-refractivity contribution in [3.63, 3.8) is 0 Å². The number of hydrogen-bond acceptors (Lipinski definition) is 2. The first-order chi connectivity index (χ1) is 21.2. The van der Waals surface area contributed by atoms with E-state index in [2.05, 4.69) is 134 Å². The van der Waals surface area contributed by atoms with Crippen LogP contribution in [0, 0.1) is 0 Å². The molecule has 7 rings (SSSR count). The van der Waals surface area contributed by atoms with Crippen LogP contribution in [0.2, 0.25) is 0 Å². The molecular formula is C41H41NO. The molecule has 1 saturated carbocycles. The average Bonchev–Trinajstić information content (AvgIpc) is 3.32. The van der Waals surface area contributed by atoms with Gasteiger partial charge in [-0.15, -0.1) is 0 Å². The van der Waals surface area contributed by atoms with Gasteiger partial charge in [0.05, 0.1) is 0 Å². The minimum atomic E-state index is -0.00178. The predicted octanol–water partition coefficient (Wildman–Crippen LogP) is 10.7. The van der Waals surface area contributed by atoms with Gasteiger partial charge in [-0.05, 0) is 63.7 Å². The van der Waals surface area contributed by atoms with Gasteiger partial charge < -0.3 is 9.64 Å². The molecule has 2 aliphatic carbocycles. The van der Waals surface area contributed by atoms with Crippen molar-refractivity contribution >= 4 is 28.6 Å². The van der Waals surface area contributed by atoms with Crippen molar-refractivity contribution in [2.75, 3.05) is 19.0 Å². The topological polar surface area (TPSA) is 12.5 Å². The van der Waals surface area contributed by atoms with Gasteiger partial charge in [0, 0.05) is 36.1 Å². The van der Waals surface area contributed by atoms with Crippen LogP contribution in [0.25, 0.3) is 34.1 Å². The van der Waals surface area contributed by atoms with Crippen LogP contribution in [-0.2, 0) is 12.0 Å². The van der Waals surface area contributed by atoms with Crippen molar-refractivity contribution in [3.05, 3.63) is 131 Å². The van der Waals surface area contributed by atoms with Gasteiger partial charge in [-0.2, -0.15) is 0 Å². The average molecular weight is 564 g/mol. The molecule has 0 N–H and O–H groups in total. The fraction of sp³-hybridized carbons (Fsp3) is 0.268. The molecule has 2 aliphatic rings. The molecule has 1 fully saturated rings. The molecule has 1 spiro atoms. The van der Waals surface area contributed by atoms with E-state index in [0.29, 0.717) is 6.61 Å². The number of nitrogens with zero attached hydrogens (tertiary/aromatic N) is 1. The third-order valence-electron chi connectivity index (χ3n) is 9.68. The monoisotopic (exact) mass is 563 g/mol. The third-order valence-corrected chi connectivity index (χ3v) is 9.68. The highest BCUT2D eigenvalue weighted by atomic mass is 16.5. The second-order valence-corrected chi connectivity index (χ2v) is 12.5. The summed E-state index contributed by atoms with van der Waals surface area (Å²) in [6.45, 7) is 0.530. The van der Waals surface area contributed by atoms with E-state index in [1.807, 2.05) is 0 Å². The largest absolute Gasteiger partial charge is 0.488 e. The minimum Gasteiger partial charge on any atom is -0.488 e. The lowest BCUT2D eigenvalue weighted by molar-refractivity contribution is 0.307. The van der Waals surface area contributed by atoms with Crippen LogP contribution in [-0.4, -0.2) is 14.1 Å². The van der Waals surface area contributed by atoms with Crippen LogP contribution in [0.3, 0.4) is 0 Å². The molecule has 5 aromatic carbocycles. The highest BCUT2D eigenvalue weighted by molar-refractivity contribution is 6.08. The summed E-state index contributed by atoms with van der Waals surface area (Å²) in [5, 5.41) is 2.50. The Kier molecular flexibility index (Phi) is 7.53. The lowest BCUT2D eigenvalue weighted by Crippen LogP contribution is -2.27. The Morgan fingerprint density at radius 1 is 0.674 bits per heavy atom. The maximum atomic E-state index is 6.97. The summed E-state index contributed by atoms with van der Waals surface area (Å²) >= 11 is 0. The fourth-order valence-corrected chi connectivity index (χ4v) is 7.59. The second-order valence-electron chi connectivity index (χ2n) is 12.5. The number of ether oxygens (including phenoxy) is 1. The first-order valence-corrected chi connectivity index (χ1v) is 16.0. The van der Waals surface area contributed by atoms with Crippen LogP contribution in [0.1, 0.15) is 72.8 Å². The molecule has 0 saturated heterocycles. The Hall–Kier alpha value is -4.30. The van der Waals surface area contributed by atoms with E-state index in [1.54, 1.807) is 0 Å². The van der Waals surface area contributed by atoms with Gasteiger partial charge in [0.15, 0.2) is 0 Å². The van der Waals surface area contributed by atoms with E-state index >= 15 is 0 Å². The molecule has 0 atom stereocenters. The lowest BCUT2D eigenvalue weighted by Gasteiger charge is -2.36. The smallest absolute Gasteiger partial charge is 0.135 e. The zero-order chi connectivity index (χ0) is 29.2. The molecule has 43 heavy (non-hydrogen) atoms. The molecular weight excluding hydrogens is 522 g/mol. The minimum absolute atomic E-state index is 0.00178. The Morgan fingerprint density at radius 2 is 1.33 bits per heavy atom. The lowest BCUT2D eigenvalue weighted by atomic mass is 9.68. The number of rotatable bonds is 6. The van der Waals surface area contributed by atoms with Crippen molar-refractivity contribution in [1.29, 1.82) is 0 Å². The normalized spacial score (nSPS) is 15.7. The highest BCUT2D eigenvalue weighted by Gasteiger charge is 2.45. The van der Waals surface area contributed by atoms with E-state index in [-0.39, 0.29) is 5.41 Å². The van der Waals surface area contributed by atoms with Crippen LogP contribution < -0.4 is 9.64 Å². The van der Waals surface area contributed by atoms with Crippen LogP contribution >= 0.6 is 0 Å². The standard InChI is InChI=1S/C41H41NO/c1-42(2)32-24-21-31(22-25-32)29-43-40-34-18-10-9-17-33(34)38-35-19-11-12-20-37(35)41(27-13-4-3-5-14-28-41)39(38)36(40)26-23-30-15-7-6-8-16-30/h6-12,15-26H,3-5,13-14,27-29H2,1-2H3/b26-23-. The molecule has 0 amide bonds. The van der Waals surface area contributed by atoms with Crippen molar-refractivity contribution < 1.29 is 4.74 Å². The van der Waals surface area contributed by atoms with E-state index in [9.17, 15) is 0 Å². The Balaban J connectivity index is 1.47. The van der Waals surface area contributed by atoms with Gasteiger partial charge in [-0.25, -0.2) is 0 Å². The van der Waals surface area contributed by atoms with E-state index < -0.39 is 0 Å². The van der Waals surface area contributed by atoms with Crippen molar-refractivity contribution in [2.45, 2.75) is 57.0 Å². The van der Waals surface area contributed by atoms with Gasteiger partial charge >= 0.3 is 0 Å². The van der Waals surface area contributed by atoms with E-state index in [4.69, 9.17) is 4.74 Å². The molecule has 0 radical (unpaired) electrons. The fourth-order valence-electron chi connectivity index (χ4n) is 7.59. The Bertz CT molecular complexity index is 1760. The summed E-state index contributed by atoms with van der Waals surface area (Å²) in [6, 6.07) is 37.6. The number of hydrogen-bond donors (Lipinski definition) is 0. The first kappa shape index (κ1) is 27.5. The maximum Gasteiger partial charge on any atom is 0.135 e. The summed E-state index contributed by atoms with van der Waals surface area (Å²) in [4.78, 5) is 2.14. The van der Waals surface area contributed by atoms with Crippen molar-refractivity contribution in [1.82, 2.24) is 0 Å². The van der Waals surface area contributed by atoms with Gasteiger partial charge in [-0.3, -0.25) is 0 Å². The Labute approximate surface area is 256 Å². The third kappa shape index (κ3) is 5.03. The van der Waals surface area contributed by atoms with Gasteiger partial charge in [0.1, 0.15) is 12.4 Å². The summed E-state index contributed by atoms with van der Waals surface area (Å²) < 4.78 is 6.97. The highest BCUT2D eigenvalue weighted by Crippen LogP contribution is 2.60. The summed E-state index contributed by atoms with van der Waals surface area (Å²) in [7, 11) is 4.16. The summed E-state index contributed by atoms with van der Waals surface area (Å²) in [5.74, 6) is 1.01. The molecule has 0 aliphatic heterocycles. The van der Waals surface area contributed by atoms with Crippen LogP contribution in [0.5, 0.6) is 5.75 Å². The van der Waals surface area contributed by atoms with Gasteiger partial charge in [-0.1, -0.05) is 135 Å². The quantitative estimate of drug-likeness (QED) is 0.191. The second kappa shape index (κ2) is 11.8. The molecule has 0 aromatic heterocycles. The van der Waals surface area contributed by atoms with Crippen molar-refractivity contribution in [3.8, 4) is 16.9 Å². The first-order valence-electron chi connectivity index (χ1n) is 16.0. The summed E-state index contributed by atoms with van der Waals surface area (Å²) in [6.07, 6.45) is 13.5. The number of anilines is 1. The molecule has 0 heterocycles. The predicted molar refractivity (Wildman–Crippen MR) is 183 cm³/mol. The maximum absolute atomic E-state index is 6.97. The van der Waals surface area contributed by atoms with Gasteiger partial charge in [0.2, 0.25) is 0 Å². The van der Waals surface area contributed by atoms with E-state index in [1.165, 1.54) is 100 Å². The molecule has 5 aromatic rings. The summed E-state index contributed by atoms with van der Waals surface area (Å²) in [5.41, 5.74) is 10.7. The van der Waals surface area contributed by atoms with Crippen molar-refractivity contribution in [2.24, 2.45) is 0 Å². The number of benzene rings is 5. The molecule has 216 valence electrons. The van der Waals surface area contributed by atoms with Crippen LogP contribution in [0.15, 0.2) is 103 Å². The van der Waals surface area contributed by atoms with E-state index in [0.717, 1.165) is 5.75 Å². The molecule has 2 nitrogen and oxygen atoms in total. The molecule has 0 unspecified atom stereocenters. The SMILES string of the molecule is CN(C)c1ccc(COc2c(/C=C\c3ccccc3)c3c(c4ccccc24)-c2ccccc2C32CCCCCCC2)cc1. The zero-order valence-electron chi connectivity index (χ0n) is 25.5. The molecule has 2 heteroatoms. The molecule has 0 bridgehead atoms.